The van der Waals surface area contributed by atoms with Crippen LogP contribution in [0.4, 0.5) is 18.3 Å². The number of anilines is 1. The number of nitrogens with zero attached hydrogens (tertiary/aromatic N) is 4. The van der Waals surface area contributed by atoms with Gasteiger partial charge in [-0.2, -0.15) is 18.3 Å². The molecule has 0 fully saturated rings. The number of hydrogen-bond acceptors (Lipinski definition) is 5. The molecule has 0 aliphatic carbocycles. The van der Waals surface area contributed by atoms with Crippen molar-refractivity contribution in [2.45, 2.75) is 19.5 Å². The van der Waals surface area contributed by atoms with Crippen molar-refractivity contribution in [3.8, 4) is 0 Å². The van der Waals surface area contributed by atoms with Crippen LogP contribution in [0, 0.1) is 0 Å². The summed E-state index contributed by atoms with van der Waals surface area (Å²) in [6, 6.07) is 0. The Morgan fingerprint density at radius 1 is 1.43 bits per heavy atom. The summed E-state index contributed by atoms with van der Waals surface area (Å²) in [5.41, 5.74) is 0.579. The third-order valence-electron chi connectivity index (χ3n) is 2.49. The zero-order chi connectivity index (χ0) is 15.8. The molecular formula is C10H9ClF3N5OS. The summed E-state index contributed by atoms with van der Waals surface area (Å²) in [6.07, 6.45) is -4.07. The lowest BCUT2D eigenvalue weighted by Crippen LogP contribution is -2.16. The Labute approximate surface area is 125 Å². The topological polar surface area (TPSA) is 72.7 Å². The van der Waals surface area contributed by atoms with E-state index in [-0.39, 0.29) is 27.2 Å². The second-order valence-corrected chi connectivity index (χ2v) is 5.31. The van der Waals surface area contributed by atoms with Gasteiger partial charge < -0.3 is 0 Å². The first-order valence-electron chi connectivity index (χ1n) is 5.67. The molecule has 1 N–H and O–H groups in total. The zero-order valence-corrected chi connectivity index (χ0v) is 12.4. The van der Waals surface area contributed by atoms with Gasteiger partial charge in [0.25, 0.3) is 5.91 Å². The molecular weight excluding hydrogens is 331 g/mol. The minimum atomic E-state index is -4.60. The van der Waals surface area contributed by atoms with E-state index in [0.717, 1.165) is 0 Å². The summed E-state index contributed by atoms with van der Waals surface area (Å²) in [5.74, 6) is -0.695. The third-order valence-corrected chi connectivity index (χ3v) is 3.77. The van der Waals surface area contributed by atoms with Crippen molar-refractivity contribution in [3.05, 3.63) is 21.4 Å². The van der Waals surface area contributed by atoms with Gasteiger partial charge in [-0.3, -0.25) is 14.8 Å². The number of carbonyl (C=O) groups excluding carboxylic acids is 1. The number of aryl methyl sites for hydroxylation is 2. The van der Waals surface area contributed by atoms with Gasteiger partial charge in [-0.25, -0.2) is 0 Å². The fourth-order valence-corrected chi connectivity index (χ4v) is 2.56. The molecule has 0 unspecified atom stereocenters. The van der Waals surface area contributed by atoms with Gasteiger partial charge in [-0.15, -0.1) is 10.2 Å². The molecule has 0 aliphatic rings. The van der Waals surface area contributed by atoms with Gasteiger partial charge in [0.2, 0.25) is 10.1 Å². The molecule has 0 radical (unpaired) electrons. The molecule has 11 heteroatoms. The van der Waals surface area contributed by atoms with Gasteiger partial charge in [0.15, 0.2) is 0 Å². The minimum Gasteiger partial charge on any atom is -0.295 e. The molecule has 2 heterocycles. The smallest absolute Gasteiger partial charge is 0.295 e. The van der Waals surface area contributed by atoms with Crippen LogP contribution >= 0.6 is 22.9 Å². The standard InChI is InChI=1S/C10H9ClF3N5OS/c1-3-4-5(11)6(19(2)18-4)7(20)15-9-17-16-8(21-9)10(12,13)14/h3H2,1-2H3,(H,15,17,20). The number of carbonyl (C=O) groups is 1. The van der Waals surface area contributed by atoms with Crippen molar-refractivity contribution in [1.29, 1.82) is 0 Å². The van der Waals surface area contributed by atoms with E-state index in [4.69, 9.17) is 11.6 Å². The molecule has 21 heavy (non-hydrogen) atoms. The quantitative estimate of drug-likeness (QED) is 0.933. The molecule has 0 bridgehead atoms. The monoisotopic (exact) mass is 339 g/mol. The SMILES string of the molecule is CCc1nn(C)c(C(=O)Nc2nnc(C(F)(F)F)s2)c1Cl. The van der Waals surface area contributed by atoms with E-state index in [1.165, 1.54) is 11.7 Å². The number of halogens is 4. The van der Waals surface area contributed by atoms with Gasteiger partial charge in [0, 0.05) is 7.05 Å². The molecule has 0 spiro atoms. The summed E-state index contributed by atoms with van der Waals surface area (Å²) >= 11 is 6.25. The highest BCUT2D eigenvalue weighted by Crippen LogP contribution is 2.33. The summed E-state index contributed by atoms with van der Waals surface area (Å²) < 4.78 is 38.5. The maximum Gasteiger partial charge on any atom is 0.445 e. The molecule has 0 saturated heterocycles. The molecule has 6 nitrogen and oxygen atoms in total. The van der Waals surface area contributed by atoms with Gasteiger partial charge in [-0.05, 0) is 6.42 Å². The fourth-order valence-electron chi connectivity index (χ4n) is 1.57. The highest BCUT2D eigenvalue weighted by molar-refractivity contribution is 7.15. The van der Waals surface area contributed by atoms with E-state index < -0.39 is 17.1 Å². The Bertz CT molecular complexity index is 681. The van der Waals surface area contributed by atoms with E-state index in [2.05, 4.69) is 20.6 Å². The number of aromatic nitrogens is 4. The van der Waals surface area contributed by atoms with Crippen molar-refractivity contribution in [1.82, 2.24) is 20.0 Å². The van der Waals surface area contributed by atoms with E-state index in [9.17, 15) is 18.0 Å². The van der Waals surface area contributed by atoms with Crippen LogP contribution < -0.4 is 5.32 Å². The highest BCUT2D eigenvalue weighted by Gasteiger charge is 2.36. The molecule has 0 atom stereocenters. The molecule has 0 saturated carbocycles. The normalized spacial score (nSPS) is 11.7. The first kappa shape index (κ1) is 15.7. The van der Waals surface area contributed by atoms with Crippen molar-refractivity contribution in [2.75, 3.05) is 5.32 Å². The Hall–Kier alpha value is -1.68. The van der Waals surface area contributed by atoms with Crippen LogP contribution in [-0.2, 0) is 19.6 Å². The van der Waals surface area contributed by atoms with E-state index in [1.807, 2.05) is 6.92 Å². The second kappa shape index (κ2) is 5.60. The number of hydrogen-bond donors (Lipinski definition) is 1. The summed E-state index contributed by atoms with van der Waals surface area (Å²) in [5, 5.41) is 11.3. The van der Waals surface area contributed by atoms with Crippen LogP contribution in [0.2, 0.25) is 5.02 Å². The van der Waals surface area contributed by atoms with E-state index in [0.29, 0.717) is 12.1 Å². The fraction of sp³-hybridized carbons (Fsp3) is 0.400. The van der Waals surface area contributed by atoms with Crippen molar-refractivity contribution >= 4 is 34.0 Å². The molecule has 2 aromatic heterocycles. The molecule has 0 aliphatic heterocycles. The second-order valence-electron chi connectivity index (χ2n) is 3.95. The Morgan fingerprint density at radius 3 is 2.57 bits per heavy atom. The number of nitrogens with one attached hydrogen (secondary N) is 1. The molecule has 2 aromatic rings. The van der Waals surface area contributed by atoms with Crippen LogP contribution in [0.3, 0.4) is 0 Å². The third kappa shape index (κ3) is 3.16. The lowest BCUT2D eigenvalue weighted by Gasteiger charge is -2.02. The van der Waals surface area contributed by atoms with Gasteiger partial charge in [0.05, 0.1) is 10.7 Å². The molecule has 1 amide bonds. The van der Waals surface area contributed by atoms with Gasteiger partial charge in [0.1, 0.15) is 5.69 Å². The van der Waals surface area contributed by atoms with Crippen LogP contribution in [0.5, 0.6) is 0 Å². The van der Waals surface area contributed by atoms with Crippen molar-refractivity contribution in [2.24, 2.45) is 7.05 Å². The average Bonchev–Trinajstić information content (AvgIpc) is 2.93. The maximum absolute atomic E-state index is 12.4. The van der Waals surface area contributed by atoms with E-state index >= 15 is 0 Å². The van der Waals surface area contributed by atoms with Crippen LogP contribution in [0.15, 0.2) is 0 Å². The van der Waals surface area contributed by atoms with Gasteiger partial charge in [-0.1, -0.05) is 29.9 Å². The number of alkyl halides is 3. The summed E-state index contributed by atoms with van der Waals surface area (Å²) in [4.78, 5) is 12.0. The predicted octanol–water partition coefficient (Wildman–Crippen LogP) is 2.76. The van der Waals surface area contributed by atoms with Crippen LogP contribution in [-0.4, -0.2) is 25.9 Å². The number of rotatable bonds is 3. The molecule has 114 valence electrons. The Balaban J connectivity index is 2.23. The Kier molecular flexibility index (Phi) is 4.19. The lowest BCUT2D eigenvalue weighted by atomic mass is 10.3. The Morgan fingerprint density at radius 2 is 2.10 bits per heavy atom. The predicted molar refractivity (Wildman–Crippen MR) is 70.5 cm³/mol. The summed E-state index contributed by atoms with van der Waals surface area (Å²) in [6.45, 7) is 1.82. The molecule has 2 rings (SSSR count). The first-order valence-corrected chi connectivity index (χ1v) is 6.87. The van der Waals surface area contributed by atoms with Crippen LogP contribution in [0.1, 0.15) is 28.1 Å². The summed E-state index contributed by atoms with van der Waals surface area (Å²) in [7, 11) is 1.52. The first-order chi connectivity index (χ1) is 9.74. The largest absolute Gasteiger partial charge is 0.445 e. The van der Waals surface area contributed by atoms with Crippen LogP contribution in [0.25, 0.3) is 0 Å². The molecule has 0 aromatic carbocycles. The van der Waals surface area contributed by atoms with Crippen molar-refractivity contribution < 1.29 is 18.0 Å². The number of amides is 1. The lowest BCUT2D eigenvalue weighted by molar-refractivity contribution is -0.138. The van der Waals surface area contributed by atoms with Gasteiger partial charge >= 0.3 is 6.18 Å². The van der Waals surface area contributed by atoms with E-state index in [1.54, 1.807) is 0 Å². The maximum atomic E-state index is 12.4. The minimum absolute atomic E-state index is 0.0530. The zero-order valence-electron chi connectivity index (χ0n) is 10.8. The average molecular weight is 340 g/mol. The van der Waals surface area contributed by atoms with Crippen molar-refractivity contribution in [3.63, 3.8) is 0 Å². The highest BCUT2D eigenvalue weighted by atomic mass is 35.5.